The van der Waals surface area contributed by atoms with Crippen LogP contribution in [-0.2, 0) is 9.59 Å². The number of carbonyl (C=O) groups is 2. The Morgan fingerprint density at radius 3 is 2.84 bits per heavy atom. The van der Waals surface area contributed by atoms with E-state index in [2.05, 4.69) is 29.7 Å². The summed E-state index contributed by atoms with van der Waals surface area (Å²) in [6.07, 6.45) is 2.06. The van der Waals surface area contributed by atoms with Gasteiger partial charge in [-0.3, -0.25) is 9.59 Å². The van der Waals surface area contributed by atoms with Crippen LogP contribution in [0.25, 0.3) is 0 Å². The van der Waals surface area contributed by atoms with Crippen LogP contribution in [-0.4, -0.2) is 24.4 Å². The van der Waals surface area contributed by atoms with Gasteiger partial charge in [-0.15, -0.1) is 0 Å². The van der Waals surface area contributed by atoms with Crippen molar-refractivity contribution in [3.8, 4) is 0 Å². The highest BCUT2D eigenvalue weighted by Gasteiger charge is 2.24. The van der Waals surface area contributed by atoms with Crippen molar-refractivity contribution in [3.05, 3.63) is 35.9 Å². The summed E-state index contributed by atoms with van der Waals surface area (Å²) in [5.41, 5.74) is 1.20. The van der Waals surface area contributed by atoms with Crippen molar-refractivity contribution in [2.75, 3.05) is 6.54 Å². The summed E-state index contributed by atoms with van der Waals surface area (Å²) in [6.45, 7) is 2.67. The van der Waals surface area contributed by atoms with Gasteiger partial charge in [0.25, 0.3) is 0 Å². The molecule has 2 N–H and O–H groups in total. The molecular formula is C15H20N2O2. The zero-order valence-corrected chi connectivity index (χ0v) is 11.2. The molecule has 0 radical (unpaired) electrons. The molecule has 0 bridgehead atoms. The molecule has 1 fully saturated rings. The lowest BCUT2D eigenvalue weighted by molar-refractivity contribution is -0.131. The lowest BCUT2D eigenvalue weighted by Crippen LogP contribution is -2.49. The maximum atomic E-state index is 12.0. The number of rotatable bonds is 4. The minimum absolute atomic E-state index is 0.0255. The largest absolute Gasteiger partial charge is 0.354 e. The molecule has 1 aromatic carbocycles. The zero-order valence-electron chi connectivity index (χ0n) is 11.2. The fourth-order valence-electron chi connectivity index (χ4n) is 2.28. The van der Waals surface area contributed by atoms with Crippen LogP contribution in [0, 0.1) is 0 Å². The number of benzene rings is 1. The number of nitrogens with one attached hydrogen (secondary N) is 2. The highest BCUT2D eigenvalue weighted by Crippen LogP contribution is 2.13. The summed E-state index contributed by atoms with van der Waals surface area (Å²) < 4.78 is 0. The van der Waals surface area contributed by atoms with Crippen LogP contribution in [0.15, 0.2) is 30.3 Å². The minimum Gasteiger partial charge on any atom is -0.354 e. The van der Waals surface area contributed by atoms with E-state index in [9.17, 15) is 9.59 Å². The van der Waals surface area contributed by atoms with E-state index in [4.69, 9.17) is 0 Å². The summed E-state index contributed by atoms with van der Waals surface area (Å²) in [4.78, 5) is 23.2. The molecule has 2 atom stereocenters. The van der Waals surface area contributed by atoms with Crippen LogP contribution in [0.5, 0.6) is 0 Å². The van der Waals surface area contributed by atoms with Crippen LogP contribution < -0.4 is 10.6 Å². The molecule has 2 amide bonds. The Morgan fingerprint density at radius 1 is 1.42 bits per heavy atom. The molecule has 0 aromatic heterocycles. The molecule has 2 rings (SSSR count). The van der Waals surface area contributed by atoms with Crippen molar-refractivity contribution < 1.29 is 9.59 Å². The van der Waals surface area contributed by atoms with Crippen molar-refractivity contribution in [2.45, 2.75) is 38.1 Å². The Bertz CT molecular complexity index is 445. The van der Waals surface area contributed by atoms with E-state index < -0.39 is 0 Å². The van der Waals surface area contributed by atoms with E-state index >= 15 is 0 Å². The Labute approximate surface area is 113 Å². The molecular weight excluding hydrogens is 240 g/mol. The third kappa shape index (κ3) is 3.81. The van der Waals surface area contributed by atoms with Gasteiger partial charge in [-0.25, -0.2) is 0 Å². The average Bonchev–Trinajstić information content (AvgIpc) is 2.45. The maximum absolute atomic E-state index is 12.0. The van der Waals surface area contributed by atoms with Gasteiger partial charge in [0.15, 0.2) is 0 Å². The number of carbonyl (C=O) groups excluding carboxylic acids is 2. The SMILES string of the molecule is C[C@@H](CNC(=O)[C@@H]1CCCC(=O)N1)c1ccccc1. The maximum Gasteiger partial charge on any atom is 0.242 e. The first-order valence-corrected chi connectivity index (χ1v) is 6.79. The standard InChI is InChI=1S/C15H20N2O2/c1-11(12-6-3-2-4-7-12)10-16-15(19)13-8-5-9-14(18)17-13/h2-4,6-7,11,13H,5,8-10H2,1H3,(H,16,19)(H,17,18)/t11-,13-/m0/s1. The number of amides is 2. The van der Waals surface area contributed by atoms with Crippen LogP contribution in [0.1, 0.15) is 37.7 Å². The topological polar surface area (TPSA) is 58.2 Å². The molecule has 1 saturated heterocycles. The second-order valence-electron chi connectivity index (χ2n) is 5.07. The Morgan fingerprint density at radius 2 is 2.16 bits per heavy atom. The van der Waals surface area contributed by atoms with Crippen molar-refractivity contribution in [1.82, 2.24) is 10.6 Å². The molecule has 0 saturated carbocycles. The molecule has 1 aliphatic rings. The lowest BCUT2D eigenvalue weighted by Gasteiger charge is -2.23. The second kappa shape index (κ2) is 6.36. The fraction of sp³-hybridized carbons (Fsp3) is 0.467. The zero-order chi connectivity index (χ0) is 13.7. The number of piperidine rings is 1. The molecule has 0 aliphatic carbocycles. The predicted octanol–water partition coefficient (Wildman–Crippen LogP) is 1.57. The van der Waals surface area contributed by atoms with Gasteiger partial charge < -0.3 is 10.6 Å². The number of hydrogen-bond acceptors (Lipinski definition) is 2. The summed E-state index contributed by atoms with van der Waals surface area (Å²) in [7, 11) is 0. The highest BCUT2D eigenvalue weighted by atomic mass is 16.2. The van der Waals surface area contributed by atoms with Crippen molar-refractivity contribution in [2.24, 2.45) is 0 Å². The third-order valence-electron chi connectivity index (χ3n) is 3.50. The van der Waals surface area contributed by atoms with Gasteiger partial charge in [0.2, 0.25) is 11.8 Å². The molecule has 1 aliphatic heterocycles. The molecule has 1 aromatic rings. The monoisotopic (exact) mass is 260 g/mol. The fourth-order valence-corrected chi connectivity index (χ4v) is 2.28. The van der Waals surface area contributed by atoms with E-state index in [0.717, 1.165) is 12.8 Å². The first-order valence-electron chi connectivity index (χ1n) is 6.79. The Hall–Kier alpha value is -1.84. The van der Waals surface area contributed by atoms with Crippen molar-refractivity contribution in [3.63, 3.8) is 0 Å². The summed E-state index contributed by atoms with van der Waals surface area (Å²) in [5, 5.41) is 5.65. The van der Waals surface area contributed by atoms with Crippen LogP contribution in [0.3, 0.4) is 0 Å². The normalized spacial score (nSPS) is 20.5. The summed E-state index contributed by atoms with van der Waals surface area (Å²) in [6, 6.07) is 9.72. The molecule has 1 heterocycles. The second-order valence-corrected chi connectivity index (χ2v) is 5.07. The van der Waals surface area contributed by atoms with Gasteiger partial charge in [-0.2, -0.15) is 0 Å². The van der Waals surface area contributed by atoms with Crippen LogP contribution in [0.2, 0.25) is 0 Å². The molecule has 102 valence electrons. The highest BCUT2D eigenvalue weighted by molar-refractivity contribution is 5.88. The van der Waals surface area contributed by atoms with Gasteiger partial charge >= 0.3 is 0 Å². The van der Waals surface area contributed by atoms with Gasteiger partial charge in [0, 0.05) is 13.0 Å². The first kappa shape index (κ1) is 13.6. The van der Waals surface area contributed by atoms with E-state index in [0.29, 0.717) is 13.0 Å². The predicted molar refractivity (Wildman–Crippen MR) is 73.6 cm³/mol. The van der Waals surface area contributed by atoms with E-state index in [1.165, 1.54) is 5.56 Å². The Kier molecular flexibility index (Phi) is 4.55. The minimum atomic E-state index is -0.357. The van der Waals surface area contributed by atoms with Crippen molar-refractivity contribution >= 4 is 11.8 Å². The summed E-state index contributed by atoms with van der Waals surface area (Å²) >= 11 is 0. The molecule has 0 spiro atoms. The average molecular weight is 260 g/mol. The third-order valence-corrected chi connectivity index (χ3v) is 3.50. The molecule has 4 nitrogen and oxygen atoms in total. The van der Waals surface area contributed by atoms with Crippen molar-refractivity contribution in [1.29, 1.82) is 0 Å². The smallest absolute Gasteiger partial charge is 0.242 e. The van der Waals surface area contributed by atoms with Gasteiger partial charge in [-0.05, 0) is 24.3 Å². The summed E-state index contributed by atoms with van der Waals surface area (Å²) in [5.74, 6) is 0.169. The molecule has 19 heavy (non-hydrogen) atoms. The van der Waals surface area contributed by atoms with Gasteiger partial charge in [0.1, 0.15) is 6.04 Å². The number of hydrogen-bond donors (Lipinski definition) is 2. The van der Waals surface area contributed by atoms with Crippen LogP contribution >= 0.6 is 0 Å². The molecule has 0 unspecified atom stereocenters. The van der Waals surface area contributed by atoms with E-state index in [1.54, 1.807) is 0 Å². The van der Waals surface area contributed by atoms with E-state index in [1.807, 2.05) is 18.2 Å². The molecule has 4 heteroatoms. The van der Waals surface area contributed by atoms with Gasteiger partial charge in [-0.1, -0.05) is 37.3 Å². The Balaban J connectivity index is 1.81. The first-order chi connectivity index (χ1) is 9.16. The quantitative estimate of drug-likeness (QED) is 0.863. The van der Waals surface area contributed by atoms with E-state index in [-0.39, 0.29) is 23.8 Å². The van der Waals surface area contributed by atoms with Crippen LogP contribution in [0.4, 0.5) is 0 Å². The van der Waals surface area contributed by atoms with Gasteiger partial charge in [0.05, 0.1) is 0 Å². The lowest BCUT2D eigenvalue weighted by atomic mass is 10.0.